The van der Waals surface area contributed by atoms with E-state index in [1.54, 1.807) is 25.1 Å². The van der Waals surface area contributed by atoms with Crippen molar-refractivity contribution in [3.05, 3.63) is 45.8 Å². The topological polar surface area (TPSA) is 84.1 Å². The lowest BCUT2D eigenvalue weighted by Crippen LogP contribution is -2.17. The maximum Gasteiger partial charge on any atom is 0.274 e. The molecule has 1 heterocycles. The van der Waals surface area contributed by atoms with Gasteiger partial charge in [-0.3, -0.25) is 4.79 Å². The molecule has 2 N–H and O–H groups in total. The SMILES string of the molecule is COc1cc(/C=N\NC(=O)c2ccoc2C)cc(Br)c1O. The maximum absolute atomic E-state index is 11.8. The molecular formula is C14H13BrN2O4. The predicted octanol–water partition coefficient (Wildman–Crippen LogP) is 2.83. The molecule has 21 heavy (non-hydrogen) atoms. The van der Waals surface area contributed by atoms with Crippen LogP contribution in [0.1, 0.15) is 21.7 Å². The highest BCUT2D eigenvalue weighted by Crippen LogP contribution is 2.34. The molecular weight excluding hydrogens is 340 g/mol. The van der Waals surface area contributed by atoms with Crippen LogP contribution in [0.5, 0.6) is 11.5 Å². The summed E-state index contributed by atoms with van der Waals surface area (Å²) in [5.41, 5.74) is 3.48. The summed E-state index contributed by atoms with van der Waals surface area (Å²) >= 11 is 3.21. The highest BCUT2D eigenvalue weighted by molar-refractivity contribution is 9.10. The van der Waals surface area contributed by atoms with Gasteiger partial charge in [0.15, 0.2) is 11.5 Å². The number of benzene rings is 1. The Hall–Kier alpha value is -2.28. The van der Waals surface area contributed by atoms with Gasteiger partial charge in [0.05, 0.1) is 29.6 Å². The Morgan fingerprint density at radius 1 is 1.52 bits per heavy atom. The predicted molar refractivity (Wildman–Crippen MR) is 80.9 cm³/mol. The number of aryl methyl sites for hydroxylation is 1. The van der Waals surface area contributed by atoms with Gasteiger partial charge in [0.1, 0.15) is 5.76 Å². The molecule has 0 aliphatic rings. The quantitative estimate of drug-likeness (QED) is 0.654. The van der Waals surface area contributed by atoms with E-state index in [-0.39, 0.29) is 11.7 Å². The molecule has 0 unspecified atom stereocenters. The second-order valence-electron chi connectivity index (χ2n) is 4.14. The van der Waals surface area contributed by atoms with Crippen molar-refractivity contribution in [1.29, 1.82) is 0 Å². The number of carbonyl (C=O) groups is 1. The molecule has 1 aromatic heterocycles. The summed E-state index contributed by atoms with van der Waals surface area (Å²) in [7, 11) is 1.45. The summed E-state index contributed by atoms with van der Waals surface area (Å²) in [6, 6.07) is 4.82. The molecule has 6 nitrogen and oxygen atoms in total. The highest BCUT2D eigenvalue weighted by Gasteiger charge is 2.10. The number of aromatic hydroxyl groups is 1. The Bertz CT molecular complexity index is 694. The van der Waals surface area contributed by atoms with E-state index in [0.29, 0.717) is 27.1 Å². The third kappa shape index (κ3) is 3.43. The van der Waals surface area contributed by atoms with Crippen LogP contribution in [0.4, 0.5) is 0 Å². The summed E-state index contributed by atoms with van der Waals surface area (Å²) in [4.78, 5) is 11.8. The van der Waals surface area contributed by atoms with E-state index in [1.165, 1.54) is 19.6 Å². The number of phenolic OH excluding ortho intramolecular Hbond substituents is 1. The third-order valence-corrected chi connectivity index (χ3v) is 3.36. The molecule has 0 bridgehead atoms. The van der Waals surface area contributed by atoms with E-state index in [9.17, 15) is 9.90 Å². The Labute approximate surface area is 129 Å². The molecule has 0 fully saturated rings. The minimum atomic E-state index is -0.359. The molecule has 2 aromatic rings. The minimum Gasteiger partial charge on any atom is -0.503 e. The van der Waals surface area contributed by atoms with Crippen LogP contribution in [0, 0.1) is 6.92 Å². The van der Waals surface area contributed by atoms with Gasteiger partial charge in [-0.2, -0.15) is 5.10 Å². The average Bonchev–Trinajstić information content (AvgIpc) is 2.88. The Morgan fingerprint density at radius 2 is 2.29 bits per heavy atom. The fraction of sp³-hybridized carbons (Fsp3) is 0.143. The van der Waals surface area contributed by atoms with Crippen molar-refractivity contribution in [2.75, 3.05) is 7.11 Å². The van der Waals surface area contributed by atoms with Crippen LogP contribution in [0.3, 0.4) is 0 Å². The molecule has 0 atom stereocenters. The number of hydrogen-bond donors (Lipinski definition) is 2. The second kappa shape index (κ2) is 6.45. The Morgan fingerprint density at radius 3 is 2.90 bits per heavy atom. The lowest BCUT2D eigenvalue weighted by Gasteiger charge is -2.06. The summed E-state index contributed by atoms with van der Waals surface area (Å²) in [5.74, 6) is 0.481. The largest absolute Gasteiger partial charge is 0.503 e. The van der Waals surface area contributed by atoms with Crippen LogP contribution in [0.15, 0.2) is 38.5 Å². The van der Waals surface area contributed by atoms with Gasteiger partial charge in [0.2, 0.25) is 0 Å². The minimum absolute atomic E-state index is 0.00714. The molecule has 1 aromatic carbocycles. The number of hydrogen-bond acceptors (Lipinski definition) is 5. The molecule has 7 heteroatoms. The van der Waals surface area contributed by atoms with Gasteiger partial charge in [0.25, 0.3) is 5.91 Å². The Kier molecular flexibility index (Phi) is 4.64. The summed E-state index contributed by atoms with van der Waals surface area (Å²) in [6.07, 6.45) is 2.88. The monoisotopic (exact) mass is 352 g/mol. The number of halogens is 1. The van der Waals surface area contributed by atoms with Gasteiger partial charge in [-0.25, -0.2) is 5.43 Å². The average molecular weight is 353 g/mol. The number of hydrazone groups is 1. The van der Waals surface area contributed by atoms with E-state index in [4.69, 9.17) is 9.15 Å². The molecule has 0 aliphatic heterocycles. The summed E-state index contributed by atoms with van der Waals surface area (Å²) in [5, 5.41) is 13.6. The van der Waals surface area contributed by atoms with Crippen LogP contribution < -0.4 is 10.2 Å². The first kappa shape index (κ1) is 15.1. The number of carbonyl (C=O) groups excluding carboxylic acids is 1. The van der Waals surface area contributed by atoms with Crippen LogP contribution in [-0.4, -0.2) is 24.3 Å². The van der Waals surface area contributed by atoms with Gasteiger partial charge < -0.3 is 14.3 Å². The van der Waals surface area contributed by atoms with Gasteiger partial charge >= 0.3 is 0 Å². The molecule has 0 saturated heterocycles. The van der Waals surface area contributed by atoms with E-state index < -0.39 is 0 Å². The first-order chi connectivity index (χ1) is 10.0. The van der Waals surface area contributed by atoms with Crippen molar-refractivity contribution in [2.45, 2.75) is 6.92 Å². The van der Waals surface area contributed by atoms with Crippen molar-refractivity contribution < 1.29 is 19.1 Å². The fourth-order valence-electron chi connectivity index (χ4n) is 1.67. The number of methoxy groups -OCH3 is 1. The van der Waals surface area contributed by atoms with Gasteiger partial charge in [-0.15, -0.1) is 0 Å². The third-order valence-electron chi connectivity index (χ3n) is 2.75. The number of nitrogens with zero attached hydrogens (tertiary/aromatic N) is 1. The van der Waals surface area contributed by atoms with E-state index in [2.05, 4.69) is 26.5 Å². The molecule has 0 saturated carbocycles. The molecule has 0 radical (unpaired) electrons. The zero-order chi connectivity index (χ0) is 15.4. The first-order valence-corrected chi connectivity index (χ1v) is 6.76. The van der Waals surface area contributed by atoms with E-state index >= 15 is 0 Å². The maximum atomic E-state index is 11.8. The van der Waals surface area contributed by atoms with Crippen molar-refractivity contribution >= 4 is 28.1 Å². The lowest BCUT2D eigenvalue weighted by molar-refractivity contribution is 0.0953. The van der Waals surface area contributed by atoms with Gasteiger partial charge in [-0.1, -0.05) is 0 Å². The van der Waals surface area contributed by atoms with Crippen LogP contribution in [0.25, 0.3) is 0 Å². The zero-order valence-electron chi connectivity index (χ0n) is 11.4. The molecule has 0 spiro atoms. The number of ether oxygens (including phenoxy) is 1. The molecule has 2 rings (SSSR count). The second-order valence-corrected chi connectivity index (χ2v) is 5.00. The fourth-order valence-corrected chi connectivity index (χ4v) is 2.13. The molecule has 110 valence electrons. The highest BCUT2D eigenvalue weighted by atomic mass is 79.9. The Balaban J connectivity index is 2.10. The van der Waals surface area contributed by atoms with Crippen molar-refractivity contribution in [3.63, 3.8) is 0 Å². The number of nitrogens with one attached hydrogen (secondary N) is 1. The molecule has 1 amide bonds. The first-order valence-electron chi connectivity index (χ1n) is 5.97. The van der Waals surface area contributed by atoms with Crippen molar-refractivity contribution in [1.82, 2.24) is 5.43 Å². The van der Waals surface area contributed by atoms with Crippen molar-refractivity contribution in [2.24, 2.45) is 5.10 Å². The zero-order valence-corrected chi connectivity index (χ0v) is 13.0. The van der Waals surface area contributed by atoms with E-state index in [1.807, 2.05) is 0 Å². The summed E-state index contributed by atoms with van der Waals surface area (Å²) < 4.78 is 10.5. The van der Waals surface area contributed by atoms with Crippen LogP contribution in [0.2, 0.25) is 0 Å². The number of phenols is 1. The summed E-state index contributed by atoms with van der Waals surface area (Å²) in [6.45, 7) is 1.70. The van der Waals surface area contributed by atoms with Gasteiger partial charge in [-0.05, 0) is 46.6 Å². The number of rotatable bonds is 4. The lowest BCUT2D eigenvalue weighted by atomic mass is 10.2. The van der Waals surface area contributed by atoms with Crippen molar-refractivity contribution in [3.8, 4) is 11.5 Å². The number of furan rings is 1. The van der Waals surface area contributed by atoms with Gasteiger partial charge in [0, 0.05) is 0 Å². The standard InChI is InChI=1S/C14H13BrN2O4/c1-8-10(3-4-21-8)14(19)17-16-7-9-5-11(15)13(18)12(6-9)20-2/h3-7,18H,1-2H3,(H,17,19)/b16-7-. The molecule has 0 aliphatic carbocycles. The van der Waals surface area contributed by atoms with Crippen LogP contribution >= 0.6 is 15.9 Å². The van der Waals surface area contributed by atoms with E-state index in [0.717, 1.165) is 0 Å². The number of amides is 1. The van der Waals surface area contributed by atoms with Crippen LogP contribution in [-0.2, 0) is 0 Å². The smallest absolute Gasteiger partial charge is 0.274 e. The normalized spacial score (nSPS) is 10.8.